The number of amides is 1. The Morgan fingerprint density at radius 2 is 1.94 bits per heavy atom. The highest BCUT2D eigenvalue weighted by molar-refractivity contribution is 7.99. The van der Waals surface area contributed by atoms with Crippen LogP contribution in [0.4, 0.5) is 5.69 Å². The van der Waals surface area contributed by atoms with E-state index in [4.69, 9.17) is 14.1 Å². The second-order valence-corrected chi connectivity index (χ2v) is 8.79. The molecule has 0 aliphatic rings. The van der Waals surface area contributed by atoms with E-state index in [-0.39, 0.29) is 22.8 Å². The van der Waals surface area contributed by atoms with Crippen molar-refractivity contribution < 1.29 is 13.9 Å². The van der Waals surface area contributed by atoms with Crippen molar-refractivity contribution in [3.63, 3.8) is 0 Å². The van der Waals surface area contributed by atoms with Gasteiger partial charge in [0.2, 0.25) is 11.5 Å². The highest BCUT2D eigenvalue weighted by Crippen LogP contribution is 2.28. The van der Waals surface area contributed by atoms with Gasteiger partial charge in [-0.1, -0.05) is 49.9 Å². The van der Waals surface area contributed by atoms with E-state index in [1.54, 1.807) is 23.8 Å². The molecule has 0 aliphatic carbocycles. The summed E-state index contributed by atoms with van der Waals surface area (Å²) < 4.78 is 12.7. The van der Waals surface area contributed by atoms with Crippen molar-refractivity contribution in [2.75, 3.05) is 18.2 Å². The summed E-state index contributed by atoms with van der Waals surface area (Å²) in [6.45, 7) is 4.71. The van der Waals surface area contributed by atoms with E-state index >= 15 is 0 Å². The molecule has 8 heteroatoms. The molecule has 2 aromatic carbocycles. The van der Waals surface area contributed by atoms with E-state index in [9.17, 15) is 9.59 Å². The number of nitrogens with one attached hydrogen (secondary N) is 1. The summed E-state index contributed by atoms with van der Waals surface area (Å²) in [5, 5.41) is 4.15. The molecule has 0 unspecified atom stereocenters. The van der Waals surface area contributed by atoms with Crippen molar-refractivity contribution >= 4 is 45.4 Å². The van der Waals surface area contributed by atoms with Gasteiger partial charge in [0.25, 0.3) is 5.56 Å². The fourth-order valence-corrected chi connectivity index (χ4v) is 4.23. The summed E-state index contributed by atoms with van der Waals surface area (Å²) in [4.78, 5) is 30.6. The fourth-order valence-electron chi connectivity index (χ4n) is 3.41. The molecule has 0 spiro atoms. The molecule has 2 heterocycles. The molecule has 2 aromatic heterocycles. The highest BCUT2D eigenvalue weighted by atomic mass is 32.2. The summed E-state index contributed by atoms with van der Waals surface area (Å²) in [5.41, 5.74) is 1.77. The molecule has 0 saturated heterocycles. The van der Waals surface area contributed by atoms with Gasteiger partial charge >= 0.3 is 0 Å². The summed E-state index contributed by atoms with van der Waals surface area (Å²) >= 11 is 1.24. The predicted molar refractivity (Wildman–Crippen MR) is 128 cm³/mol. The smallest absolute Gasteiger partial charge is 0.297 e. The summed E-state index contributed by atoms with van der Waals surface area (Å²) in [5.74, 6) is 0.901. The minimum atomic E-state index is -0.223. The lowest BCUT2D eigenvalue weighted by Crippen LogP contribution is -2.24. The number of ether oxygens (including phenoxy) is 1. The van der Waals surface area contributed by atoms with Crippen LogP contribution in [0.2, 0.25) is 0 Å². The number of thioether (sulfide) groups is 1. The van der Waals surface area contributed by atoms with Crippen molar-refractivity contribution in [2.24, 2.45) is 5.92 Å². The van der Waals surface area contributed by atoms with Crippen molar-refractivity contribution in [1.82, 2.24) is 9.55 Å². The number of aromatic nitrogens is 2. The third-order valence-corrected chi connectivity index (χ3v) is 6.07. The quantitative estimate of drug-likeness (QED) is 0.302. The average molecular weight is 452 g/mol. The number of benzene rings is 2. The van der Waals surface area contributed by atoms with Crippen LogP contribution < -0.4 is 15.6 Å². The number of hydrogen-bond acceptors (Lipinski definition) is 6. The molecule has 0 atom stereocenters. The van der Waals surface area contributed by atoms with E-state index in [0.717, 1.165) is 11.8 Å². The number of nitrogens with zero attached hydrogens (tertiary/aromatic N) is 2. The van der Waals surface area contributed by atoms with E-state index in [1.165, 1.54) is 11.8 Å². The van der Waals surface area contributed by atoms with Gasteiger partial charge < -0.3 is 14.5 Å². The molecule has 1 amide bonds. The van der Waals surface area contributed by atoms with Crippen LogP contribution in [0.25, 0.3) is 22.1 Å². The maximum Gasteiger partial charge on any atom is 0.297 e. The maximum atomic E-state index is 13.2. The number of carbonyl (C=O) groups excluding carboxylic acids is 1. The van der Waals surface area contributed by atoms with E-state index < -0.39 is 0 Å². The minimum absolute atomic E-state index is 0.105. The van der Waals surface area contributed by atoms with Gasteiger partial charge in [0.15, 0.2) is 5.16 Å². The van der Waals surface area contributed by atoms with Gasteiger partial charge in [-0.3, -0.25) is 14.2 Å². The van der Waals surface area contributed by atoms with Gasteiger partial charge in [-0.25, -0.2) is 4.98 Å². The van der Waals surface area contributed by atoms with Crippen LogP contribution in [-0.2, 0) is 11.3 Å². The van der Waals surface area contributed by atoms with Crippen molar-refractivity contribution in [1.29, 1.82) is 0 Å². The van der Waals surface area contributed by atoms with E-state index in [2.05, 4.69) is 19.2 Å². The van der Waals surface area contributed by atoms with E-state index in [0.29, 0.717) is 40.2 Å². The lowest BCUT2D eigenvalue weighted by atomic mass is 10.1. The fraction of sp³-hybridized carbons (Fsp3) is 0.292. The summed E-state index contributed by atoms with van der Waals surface area (Å²) in [7, 11) is 1.56. The Labute approximate surface area is 189 Å². The number of hydrogen-bond donors (Lipinski definition) is 1. The predicted octanol–water partition coefficient (Wildman–Crippen LogP) is 4.93. The van der Waals surface area contributed by atoms with Crippen LogP contribution in [0.5, 0.6) is 5.75 Å². The molecule has 0 radical (unpaired) electrons. The molecule has 7 nitrogen and oxygen atoms in total. The van der Waals surface area contributed by atoms with Crippen LogP contribution in [0, 0.1) is 5.92 Å². The highest BCUT2D eigenvalue weighted by Gasteiger charge is 2.19. The lowest BCUT2D eigenvalue weighted by Gasteiger charge is -2.13. The molecular formula is C24H25N3O4S. The summed E-state index contributed by atoms with van der Waals surface area (Å²) in [6, 6.07) is 14.7. The van der Waals surface area contributed by atoms with Crippen molar-refractivity contribution in [2.45, 2.75) is 32.0 Å². The molecule has 0 saturated carbocycles. The standard InChI is InChI=1S/C24H25N3O4S/c1-15(2)12-13-27-23(29)22-21(16-8-4-6-10-18(16)31-22)26-24(27)32-14-20(28)25-17-9-5-7-11-19(17)30-3/h4-11,15H,12-14H2,1-3H3,(H,25,28). The van der Waals surface area contributed by atoms with Crippen molar-refractivity contribution in [3.05, 3.63) is 58.9 Å². The first-order chi connectivity index (χ1) is 15.5. The summed E-state index contributed by atoms with van der Waals surface area (Å²) in [6.07, 6.45) is 0.814. The van der Waals surface area contributed by atoms with Crippen molar-refractivity contribution in [3.8, 4) is 5.75 Å². The Balaban J connectivity index is 1.65. The van der Waals surface area contributed by atoms with Gasteiger partial charge in [0, 0.05) is 11.9 Å². The van der Waals surface area contributed by atoms with Crippen LogP contribution >= 0.6 is 11.8 Å². The normalized spacial score (nSPS) is 11.4. The van der Waals surface area contributed by atoms with Crippen LogP contribution in [0.15, 0.2) is 62.9 Å². The van der Waals surface area contributed by atoms with Crippen LogP contribution in [0.1, 0.15) is 20.3 Å². The third-order valence-electron chi connectivity index (χ3n) is 5.09. The molecule has 4 aromatic rings. The molecule has 32 heavy (non-hydrogen) atoms. The number of fused-ring (bicyclic) bond motifs is 3. The number of rotatable bonds is 8. The molecule has 166 valence electrons. The molecule has 0 fully saturated rings. The largest absolute Gasteiger partial charge is 0.495 e. The Bertz CT molecular complexity index is 1330. The topological polar surface area (TPSA) is 86.4 Å². The molecule has 0 aliphatic heterocycles. The van der Waals surface area contributed by atoms with Gasteiger partial charge in [0.05, 0.1) is 18.6 Å². The first-order valence-electron chi connectivity index (χ1n) is 10.5. The zero-order valence-corrected chi connectivity index (χ0v) is 19.1. The number of methoxy groups -OCH3 is 1. The maximum absolute atomic E-state index is 13.2. The molecule has 1 N–H and O–H groups in total. The first-order valence-corrected chi connectivity index (χ1v) is 11.4. The monoisotopic (exact) mass is 451 g/mol. The Kier molecular flexibility index (Phi) is 6.50. The van der Waals surface area contributed by atoms with Crippen LogP contribution in [-0.4, -0.2) is 28.3 Å². The van der Waals surface area contributed by atoms with Gasteiger partial charge in [0.1, 0.15) is 16.8 Å². The number of anilines is 1. The Morgan fingerprint density at radius 3 is 2.72 bits per heavy atom. The molecular weight excluding hydrogens is 426 g/mol. The number of furan rings is 1. The number of carbonyl (C=O) groups is 1. The molecule has 0 bridgehead atoms. The minimum Gasteiger partial charge on any atom is -0.495 e. The zero-order chi connectivity index (χ0) is 22.7. The molecule has 4 rings (SSSR count). The second kappa shape index (κ2) is 9.48. The Hall–Kier alpha value is -3.26. The Morgan fingerprint density at radius 1 is 1.19 bits per heavy atom. The SMILES string of the molecule is COc1ccccc1NC(=O)CSc1nc2c(oc3ccccc32)c(=O)n1CCC(C)C. The second-order valence-electron chi connectivity index (χ2n) is 7.85. The third kappa shape index (κ3) is 4.50. The zero-order valence-electron chi connectivity index (χ0n) is 18.3. The van der Waals surface area contributed by atoms with Gasteiger partial charge in [-0.2, -0.15) is 0 Å². The average Bonchev–Trinajstić information content (AvgIpc) is 3.16. The van der Waals surface area contributed by atoms with Gasteiger partial charge in [-0.15, -0.1) is 0 Å². The number of para-hydroxylation sites is 3. The van der Waals surface area contributed by atoms with E-state index in [1.807, 2.05) is 36.4 Å². The van der Waals surface area contributed by atoms with Gasteiger partial charge in [-0.05, 0) is 36.6 Å². The van der Waals surface area contributed by atoms with Crippen LogP contribution in [0.3, 0.4) is 0 Å². The lowest BCUT2D eigenvalue weighted by molar-refractivity contribution is -0.113. The first kappa shape index (κ1) is 22.0.